The average Bonchev–Trinajstić information content (AvgIpc) is 3.08. The van der Waals surface area contributed by atoms with E-state index in [1.54, 1.807) is 0 Å². The third-order valence-electron chi connectivity index (χ3n) is 3.85. The molecule has 2 rings (SSSR count). The van der Waals surface area contributed by atoms with Crippen LogP contribution in [0.1, 0.15) is 31.2 Å². The predicted octanol–water partition coefficient (Wildman–Crippen LogP) is 3.84. The maximum atomic E-state index is 12.1. The molecule has 0 radical (unpaired) electrons. The van der Waals surface area contributed by atoms with E-state index in [-0.39, 0.29) is 12.1 Å². The van der Waals surface area contributed by atoms with Crippen LogP contribution in [0.3, 0.4) is 0 Å². The molecule has 0 aliphatic carbocycles. The number of nitrogens with one attached hydrogen (secondary N) is 2. The first kappa shape index (κ1) is 18.3. The van der Waals surface area contributed by atoms with Gasteiger partial charge in [-0.05, 0) is 49.9 Å². The van der Waals surface area contributed by atoms with Crippen LogP contribution in [-0.4, -0.2) is 30.8 Å². The van der Waals surface area contributed by atoms with Gasteiger partial charge in [0.2, 0.25) is 0 Å². The van der Waals surface area contributed by atoms with E-state index in [2.05, 4.69) is 22.5 Å². The lowest BCUT2D eigenvalue weighted by Crippen LogP contribution is -2.37. The summed E-state index contributed by atoms with van der Waals surface area (Å²) in [4.78, 5) is 15.1. The summed E-state index contributed by atoms with van der Waals surface area (Å²) in [5, 5.41) is 17.8. The highest BCUT2D eigenvalue weighted by atomic mass is 32.1. The van der Waals surface area contributed by atoms with Gasteiger partial charge in [-0.2, -0.15) is 0 Å². The topological polar surface area (TPSA) is 64.6 Å². The molecule has 0 aliphatic heterocycles. The van der Waals surface area contributed by atoms with Gasteiger partial charge in [0.15, 0.2) is 0 Å². The molecule has 1 aromatic carbocycles. The van der Waals surface area contributed by atoms with Crippen LogP contribution in [0.5, 0.6) is 0 Å². The quantitative estimate of drug-likeness (QED) is 0.713. The number of rotatable bonds is 7. The van der Waals surface area contributed by atoms with Crippen molar-refractivity contribution in [1.29, 1.82) is 0 Å². The van der Waals surface area contributed by atoms with Gasteiger partial charge in [0.05, 0.1) is 6.10 Å². The van der Waals surface area contributed by atoms with Crippen LogP contribution >= 0.6 is 11.3 Å². The van der Waals surface area contributed by atoms with Crippen LogP contribution in [0.2, 0.25) is 0 Å². The molecule has 0 spiro atoms. The summed E-state index contributed by atoms with van der Waals surface area (Å²) in [6.07, 6.45) is -0.0751. The number of benzene rings is 1. The second-order valence-electron chi connectivity index (χ2n) is 5.83. The molecule has 2 atom stereocenters. The number of thiophene rings is 1. The van der Waals surface area contributed by atoms with Crippen molar-refractivity contribution in [2.45, 2.75) is 32.4 Å². The van der Waals surface area contributed by atoms with Gasteiger partial charge in [-0.25, -0.2) is 4.79 Å². The van der Waals surface area contributed by atoms with E-state index in [4.69, 9.17) is 0 Å². The molecule has 5 nitrogen and oxygen atoms in total. The Kier molecular flexibility index (Phi) is 6.63. The lowest BCUT2D eigenvalue weighted by molar-refractivity contribution is 0.158. The zero-order valence-electron chi connectivity index (χ0n) is 14.3. The van der Waals surface area contributed by atoms with Gasteiger partial charge in [0, 0.05) is 35.9 Å². The summed E-state index contributed by atoms with van der Waals surface area (Å²) >= 11 is 1.52. The second-order valence-corrected chi connectivity index (χ2v) is 6.81. The molecule has 24 heavy (non-hydrogen) atoms. The molecular formula is C18H25N3O2S. The lowest BCUT2D eigenvalue weighted by Gasteiger charge is -2.19. The van der Waals surface area contributed by atoms with Crippen LogP contribution in [-0.2, 0) is 0 Å². The largest absolute Gasteiger partial charge is 0.387 e. The first-order valence-corrected chi connectivity index (χ1v) is 8.97. The molecule has 1 heterocycles. The summed E-state index contributed by atoms with van der Waals surface area (Å²) in [5.41, 5.74) is 1.80. The van der Waals surface area contributed by atoms with Crippen LogP contribution in [0, 0.1) is 0 Å². The van der Waals surface area contributed by atoms with Crippen molar-refractivity contribution in [3.05, 3.63) is 46.7 Å². The first-order valence-electron chi connectivity index (χ1n) is 8.09. The highest BCUT2D eigenvalue weighted by molar-refractivity contribution is 7.10. The fourth-order valence-corrected chi connectivity index (χ4v) is 3.11. The molecule has 2 amide bonds. The molecule has 0 bridgehead atoms. The van der Waals surface area contributed by atoms with Crippen molar-refractivity contribution in [1.82, 2.24) is 5.32 Å². The van der Waals surface area contributed by atoms with Crippen LogP contribution in [0.4, 0.5) is 16.2 Å². The fraction of sp³-hybridized carbons (Fsp3) is 0.389. The Morgan fingerprint density at radius 2 is 2.12 bits per heavy atom. The van der Waals surface area contributed by atoms with Crippen LogP contribution in [0.25, 0.3) is 0 Å². The molecule has 0 saturated heterocycles. The minimum atomic E-state index is -0.554. The third-order valence-corrected chi connectivity index (χ3v) is 4.82. The molecule has 2 unspecified atom stereocenters. The SMILES string of the molecule is CCN(C)c1cccc(NC(=O)NC(C)CC(O)c2cccs2)c1. The third kappa shape index (κ3) is 5.25. The van der Waals surface area contributed by atoms with Gasteiger partial charge in [-0.15, -0.1) is 11.3 Å². The van der Waals surface area contributed by atoms with Crippen molar-refractivity contribution in [2.24, 2.45) is 0 Å². The molecule has 6 heteroatoms. The average molecular weight is 347 g/mol. The lowest BCUT2D eigenvalue weighted by atomic mass is 10.1. The Labute approximate surface area is 147 Å². The first-order chi connectivity index (χ1) is 11.5. The summed E-state index contributed by atoms with van der Waals surface area (Å²) in [6, 6.07) is 11.1. The molecule has 0 aliphatic rings. The van der Waals surface area contributed by atoms with Crippen molar-refractivity contribution < 1.29 is 9.90 Å². The number of anilines is 2. The van der Waals surface area contributed by atoms with E-state index in [9.17, 15) is 9.90 Å². The van der Waals surface area contributed by atoms with Gasteiger partial charge in [0.1, 0.15) is 0 Å². The van der Waals surface area contributed by atoms with Crippen molar-refractivity contribution >= 4 is 28.7 Å². The Morgan fingerprint density at radius 3 is 2.79 bits per heavy atom. The Balaban J connectivity index is 1.86. The zero-order valence-corrected chi connectivity index (χ0v) is 15.1. The van der Waals surface area contributed by atoms with Crippen LogP contribution in [0.15, 0.2) is 41.8 Å². The Bertz CT molecular complexity index is 645. The van der Waals surface area contributed by atoms with E-state index in [1.165, 1.54) is 11.3 Å². The van der Waals surface area contributed by atoms with Gasteiger partial charge in [0.25, 0.3) is 0 Å². The second kappa shape index (κ2) is 8.70. The Hall–Kier alpha value is -2.05. The van der Waals surface area contributed by atoms with Gasteiger partial charge in [-0.1, -0.05) is 12.1 Å². The maximum Gasteiger partial charge on any atom is 0.319 e. The molecule has 0 saturated carbocycles. The minimum Gasteiger partial charge on any atom is -0.387 e. The highest BCUT2D eigenvalue weighted by Gasteiger charge is 2.15. The predicted molar refractivity (Wildman–Crippen MR) is 101 cm³/mol. The van der Waals surface area contributed by atoms with Gasteiger partial charge in [-0.3, -0.25) is 0 Å². The van der Waals surface area contributed by atoms with Gasteiger partial charge >= 0.3 is 6.03 Å². The fourth-order valence-electron chi connectivity index (χ4n) is 2.39. The monoisotopic (exact) mass is 347 g/mol. The van der Waals surface area contributed by atoms with Gasteiger partial charge < -0.3 is 20.6 Å². The van der Waals surface area contributed by atoms with E-state index >= 15 is 0 Å². The number of hydrogen-bond donors (Lipinski definition) is 3. The molecule has 130 valence electrons. The number of carbonyl (C=O) groups is 1. The number of carbonyl (C=O) groups excluding carboxylic acids is 1. The molecule has 2 aromatic rings. The standard InChI is InChI=1S/C18H25N3O2S/c1-4-21(3)15-8-5-7-14(12-15)20-18(23)19-13(2)11-16(22)17-9-6-10-24-17/h5-10,12-13,16,22H,4,11H2,1-3H3,(H2,19,20,23). The summed E-state index contributed by atoms with van der Waals surface area (Å²) < 4.78 is 0. The number of nitrogens with zero attached hydrogens (tertiary/aromatic N) is 1. The molecular weight excluding hydrogens is 322 g/mol. The highest BCUT2D eigenvalue weighted by Crippen LogP contribution is 2.23. The summed E-state index contributed by atoms with van der Waals surface area (Å²) in [5.74, 6) is 0. The van der Waals surface area contributed by atoms with Crippen molar-refractivity contribution in [2.75, 3.05) is 23.8 Å². The zero-order chi connectivity index (χ0) is 17.5. The normalized spacial score (nSPS) is 13.2. The summed E-state index contributed by atoms with van der Waals surface area (Å²) in [7, 11) is 2.01. The van der Waals surface area contributed by atoms with Crippen molar-refractivity contribution in [3.63, 3.8) is 0 Å². The number of aliphatic hydroxyl groups is 1. The minimum absolute atomic E-state index is 0.136. The molecule has 3 N–H and O–H groups in total. The van der Waals surface area contributed by atoms with E-state index < -0.39 is 6.10 Å². The Morgan fingerprint density at radius 1 is 1.33 bits per heavy atom. The van der Waals surface area contributed by atoms with Crippen LogP contribution < -0.4 is 15.5 Å². The molecule has 1 aromatic heterocycles. The number of aliphatic hydroxyl groups excluding tert-OH is 1. The van der Waals surface area contributed by atoms with E-state index in [1.807, 2.05) is 55.7 Å². The smallest absolute Gasteiger partial charge is 0.319 e. The molecule has 0 fully saturated rings. The number of hydrogen-bond acceptors (Lipinski definition) is 4. The number of urea groups is 1. The maximum absolute atomic E-state index is 12.1. The van der Waals surface area contributed by atoms with E-state index in [0.717, 1.165) is 22.8 Å². The van der Waals surface area contributed by atoms with Crippen molar-refractivity contribution in [3.8, 4) is 0 Å². The number of amides is 2. The summed E-state index contributed by atoms with van der Waals surface area (Å²) in [6.45, 7) is 4.86. The van der Waals surface area contributed by atoms with E-state index in [0.29, 0.717) is 6.42 Å².